The fraction of sp³-hybridized carbons (Fsp3) is 0.393. The lowest BCUT2D eigenvalue weighted by Gasteiger charge is -2.29. The summed E-state index contributed by atoms with van der Waals surface area (Å²) in [5, 5.41) is 21.0. The van der Waals surface area contributed by atoms with Crippen LogP contribution in [-0.4, -0.2) is 39.6 Å². The van der Waals surface area contributed by atoms with Crippen molar-refractivity contribution >= 4 is 23.2 Å². The van der Waals surface area contributed by atoms with Gasteiger partial charge in [0.2, 0.25) is 11.8 Å². The Hall–Kier alpha value is -4.26. The highest BCUT2D eigenvalue weighted by Crippen LogP contribution is 2.29. The number of alkyl halides is 3. The average Bonchev–Trinajstić information content (AvgIpc) is 2.94. The highest BCUT2D eigenvalue weighted by Gasteiger charge is 2.32. The molecule has 10 nitrogen and oxygen atoms in total. The van der Waals surface area contributed by atoms with Crippen LogP contribution in [0.3, 0.4) is 0 Å². The molecule has 1 fully saturated rings. The van der Waals surface area contributed by atoms with Gasteiger partial charge < -0.3 is 20.7 Å². The molecule has 0 saturated heterocycles. The number of carbonyl (C=O) groups is 1. The number of ketones is 1. The van der Waals surface area contributed by atoms with Crippen LogP contribution >= 0.6 is 0 Å². The van der Waals surface area contributed by atoms with E-state index < -0.39 is 11.3 Å². The molecule has 0 atom stereocenters. The topological polar surface area (TPSA) is 131 Å². The third kappa shape index (κ3) is 8.87. The molecule has 0 bridgehead atoms. The van der Waals surface area contributed by atoms with Crippen LogP contribution in [-0.2, 0) is 13.1 Å². The quantitative estimate of drug-likeness (QED) is 0.139. The van der Waals surface area contributed by atoms with Crippen molar-refractivity contribution in [2.75, 3.05) is 17.2 Å². The molecule has 1 aliphatic carbocycles. The number of nitrogens with one attached hydrogen (secondary N) is 3. The lowest BCUT2D eigenvalue weighted by atomic mass is 9.86. The molecule has 0 spiro atoms. The van der Waals surface area contributed by atoms with E-state index in [1.54, 1.807) is 19.1 Å². The summed E-state index contributed by atoms with van der Waals surface area (Å²) in [4.78, 5) is 30.7. The van der Waals surface area contributed by atoms with Gasteiger partial charge in [-0.2, -0.15) is 4.98 Å². The van der Waals surface area contributed by atoms with E-state index in [0.717, 1.165) is 37.4 Å². The van der Waals surface area contributed by atoms with Crippen molar-refractivity contribution in [1.82, 2.24) is 15.3 Å². The Morgan fingerprint density at radius 2 is 1.83 bits per heavy atom. The zero-order valence-corrected chi connectivity index (χ0v) is 22.4. The maximum absolute atomic E-state index is 12.7. The molecule has 1 heterocycles. The SMILES string of the molecule is CC(=O)c1cccc(CNC2CCC(CNc3nc(NCc4ccccc4OC(F)(F)F)ncc3[N+](=O)[O-])CC2)c1. The fourth-order valence-corrected chi connectivity index (χ4v) is 4.75. The number of ether oxygens (including phenoxy) is 1. The Balaban J connectivity index is 1.30. The number of nitro groups is 1. The molecule has 1 aliphatic rings. The standard InChI is InChI=1S/C28H31F3N6O4/c1-18(38)21-7-4-5-20(13-21)15-32-23-11-9-19(10-12-23)14-33-26-24(37(39)40)17-35-27(36-26)34-16-22-6-2-3-8-25(22)41-28(29,30)31/h2-8,13,17,19,23,32H,9-12,14-16H2,1H3,(H2,33,34,35,36). The van der Waals surface area contributed by atoms with Crippen LogP contribution in [0.5, 0.6) is 5.75 Å². The summed E-state index contributed by atoms with van der Waals surface area (Å²) in [5.41, 5.74) is 1.67. The second kappa shape index (κ2) is 13.4. The molecule has 0 radical (unpaired) electrons. The third-order valence-electron chi connectivity index (χ3n) is 6.93. The number of nitrogens with zero attached hydrogens (tertiary/aromatic N) is 3. The van der Waals surface area contributed by atoms with Crippen LogP contribution in [0, 0.1) is 16.0 Å². The molecule has 0 amide bonds. The fourth-order valence-electron chi connectivity index (χ4n) is 4.75. The van der Waals surface area contributed by atoms with Gasteiger partial charge >= 0.3 is 12.0 Å². The number of anilines is 2. The van der Waals surface area contributed by atoms with Crippen LogP contribution in [0.15, 0.2) is 54.7 Å². The van der Waals surface area contributed by atoms with Crippen molar-refractivity contribution in [3.63, 3.8) is 0 Å². The molecule has 1 aromatic heterocycles. The Labute approximate surface area is 234 Å². The van der Waals surface area contributed by atoms with E-state index in [-0.39, 0.29) is 47.0 Å². The Morgan fingerprint density at radius 1 is 1.07 bits per heavy atom. The number of carbonyl (C=O) groups excluding carboxylic acids is 1. The minimum Gasteiger partial charge on any atom is -0.405 e. The predicted octanol–water partition coefficient (Wildman–Crippen LogP) is 5.86. The highest BCUT2D eigenvalue weighted by molar-refractivity contribution is 5.94. The first-order valence-electron chi connectivity index (χ1n) is 13.2. The number of halogens is 3. The summed E-state index contributed by atoms with van der Waals surface area (Å²) in [5.74, 6) is 0.0287. The predicted molar refractivity (Wildman–Crippen MR) is 147 cm³/mol. The lowest BCUT2D eigenvalue weighted by Crippen LogP contribution is -2.34. The second-order valence-corrected chi connectivity index (χ2v) is 9.93. The highest BCUT2D eigenvalue weighted by atomic mass is 19.4. The van der Waals surface area contributed by atoms with Gasteiger partial charge in [0.05, 0.1) is 4.92 Å². The van der Waals surface area contributed by atoms with Crippen LogP contribution in [0.25, 0.3) is 0 Å². The van der Waals surface area contributed by atoms with Crippen LogP contribution in [0.2, 0.25) is 0 Å². The Kier molecular flexibility index (Phi) is 9.71. The molecule has 1 saturated carbocycles. The zero-order valence-electron chi connectivity index (χ0n) is 22.4. The lowest BCUT2D eigenvalue weighted by molar-refractivity contribution is -0.384. The van der Waals surface area contributed by atoms with Crippen molar-refractivity contribution in [1.29, 1.82) is 0 Å². The molecule has 218 valence electrons. The van der Waals surface area contributed by atoms with Crippen molar-refractivity contribution < 1.29 is 27.6 Å². The summed E-state index contributed by atoms with van der Waals surface area (Å²) in [6.45, 7) is 2.61. The van der Waals surface area contributed by atoms with Gasteiger partial charge in [0, 0.05) is 36.8 Å². The number of Topliss-reactive ketones (excluding diaryl/α,β-unsaturated/α-hetero) is 1. The molecular weight excluding hydrogens is 541 g/mol. The number of benzene rings is 2. The van der Waals surface area contributed by atoms with Crippen LogP contribution < -0.4 is 20.7 Å². The van der Waals surface area contributed by atoms with Crippen molar-refractivity contribution in [3.8, 4) is 5.75 Å². The number of rotatable bonds is 12. The van der Waals surface area contributed by atoms with Crippen molar-refractivity contribution in [2.45, 2.75) is 58.1 Å². The molecule has 0 aliphatic heterocycles. The number of hydrogen-bond donors (Lipinski definition) is 3. The maximum atomic E-state index is 12.7. The summed E-state index contributed by atoms with van der Waals surface area (Å²) < 4.78 is 42.2. The van der Waals surface area contributed by atoms with Gasteiger partial charge in [0.25, 0.3) is 0 Å². The summed E-state index contributed by atoms with van der Waals surface area (Å²) in [6.07, 6.45) is -0.0594. The molecule has 4 rings (SSSR count). The molecule has 0 unspecified atom stereocenters. The van der Waals surface area contributed by atoms with Gasteiger partial charge in [-0.1, -0.05) is 36.4 Å². The first-order chi connectivity index (χ1) is 19.6. The molecule has 41 heavy (non-hydrogen) atoms. The smallest absolute Gasteiger partial charge is 0.405 e. The van der Waals surface area contributed by atoms with E-state index in [0.29, 0.717) is 24.7 Å². The second-order valence-electron chi connectivity index (χ2n) is 9.93. The van der Waals surface area contributed by atoms with E-state index in [1.807, 2.05) is 18.2 Å². The monoisotopic (exact) mass is 572 g/mol. The molecule has 3 aromatic rings. The molecule has 3 N–H and O–H groups in total. The van der Waals surface area contributed by atoms with E-state index in [1.165, 1.54) is 18.2 Å². The van der Waals surface area contributed by atoms with Gasteiger partial charge in [-0.25, -0.2) is 4.98 Å². The summed E-state index contributed by atoms with van der Waals surface area (Å²) in [7, 11) is 0. The first kappa shape index (κ1) is 29.7. The average molecular weight is 573 g/mol. The van der Waals surface area contributed by atoms with E-state index in [4.69, 9.17) is 0 Å². The Morgan fingerprint density at radius 3 is 2.54 bits per heavy atom. The molecular formula is C28H31F3N6O4. The summed E-state index contributed by atoms with van der Waals surface area (Å²) in [6, 6.07) is 13.6. The van der Waals surface area contributed by atoms with Gasteiger partial charge in [-0.15, -0.1) is 13.2 Å². The normalized spacial score (nSPS) is 17.1. The summed E-state index contributed by atoms with van der Waals surface area (Å²) >= 11 is 0. The largest absolute Gasteiger partial charge is 0.573 e. The van der Waals surface area contributed by atoms with E-state index in [9.17, 15) is 28.1 Å². The number of hydrogen-bond acceptors (Lipinski definition) is 9. The third-order valence-corrected chi connectivity index (χ3v) is 6.93. The van der Waals surface area contributed by atoms with Crippen molar-refractivity contribution in [2.24, 2.45) is 5.92 Å². The number of aromatic nitrogens is 2. The minimum absolute atomic E-state index is 0.0293. The minimum atomic E-state index is -4.84. The van der Waals surface area contributed by atoms with Crippen LogP contribution in [0.4, 0.5) is 30.6 Å². The van der Waals surface area contributed by atoms with Gasteiger partial charge in [-0.05, 0) is 56.2 Å². The number of para-hydroxylation sites is 1. The van der Waals surface area contributed by atoms with Crippen LogP contribution in [0.1, 0.15) is 54.1 Å². The van der Waals surface area contributed by atoms with Crippen molar-refractivity contribution in [3.05, 3.63) is 81.5 Å². The molecule has 2 aromatic carbocycles. The van der Waals surface area contributed by atoms with Gasteiger partial charge in [0.15, 0.2) is 5.78 Å². The van der Waals surface area contributed by atoms with Gasteiger partial charge in [0.1, 0.15) is 11.9 Å². The van der Waals surface area contributed by atoms with E-state index >= 15 is 0 Å². The Bertz CT molecular complexity index is 1360. The zero-order chi connectivity index (χ0) is 29.4. The first-order valence-corrected chi connectivity index (χ1v) is 13.2. The van der Waals surface area contributed by atoms with Gasteiger partial charge in [-0.3, -0.25) is 14.9 Å². The molecule has 13 heteroatoms. The van der Waals surface area contributed by atoms with E-state index in [2.05, 4.69) is 30.7 Å². The maximum Gasteiger partial charge on any atom is 0.573 e.